The first-order valence-corrected chi connectivity index (χ1v) is 4.56. The number of hydrogen-bond acceptors (Lipinski definition) is 7. The van der Waals surface area contributed by atoms with Crippen LogP contribution in [0.15, 0.2) is 0 Å². The minimum absolute atomic E-state index is 0.531. The molecule has 76 valence electrons. The molecule has 0 aliphatic carbocycles. The standard InChI is InChI=1S/C6H10O6S/c7-1-2-3(8)4(9)5(10)6(11,12-2)13-5/h2-4,7-11H,1H2/t2-,3-,4+,5-,6?/m1/s1. The SMILES string of the molecule is OC[C@H]1OC2(O)S[C@]2(O)[C@@H](O)[C@@H]1O. The van der Waals surface area contributed by atoms with E-state index in [-0.39, 0.29) is 0 Å². The first-order chi connectivity index (χ1) is 5.94. The van der Waals surface area contributed by atoms with Crippen LogP contribution in [0.2, 0.25) is 0 Å². The lowest BCUT2D eigenvalue weighted by molar-refractivity contribution is -0.287. The van der Waals surface area contributed by atoms with E-state index in [1.165, 1.54) is 0 Å². The molecule has 5 atom stereocenters. The fourth-order valence-electron chi connectivity index (χ4n) is 1.40. The van der Waals surface area contributed by atoms with E-state index in [0.29, 0.717) is 11.8 Å². The van der Waals surface area contributed by atoms with Gasteiger partial charge in [0.25, 0.3) is 5.12 Å². The smallest absolute Gasteiger partial charge is 0.262 e. The van der Waals surface area contributed by atoms with Crippen LogP contribution in [0.5, 0.6) is 0 Å². The maximum atomic E-state index is 9.46. The molecule has 2 fully saturated rings. The van der Waals surface area contributed by atoms with Crippen molar-refractivity contribution in [2.45, 2.75) is 28.4 Å². The molecule has 0 aromatic rings. The number of rotatable bonds is 1. The van der Waals surface area contributed by atoms with Crippen molar-refractivity contribution < 1.29 is 30.3 Å². The molecule has 2 aliphatic heterocycles. The molecule has 7 heteroatoms. The summed E-state index contributed by atoms with van der Waals surface area (Å²) in [4.78, 5) is -1.86. The minimum Gasteiger partial charge on any atom is -0.394 e. The Kier molecular flexibility index (Phi) is 1.91. The zero-order valence-electron chi connectivity index (χ0n) is 6.49. The molecule has 13 heavy (non-hydrogen) atoms. The topological polar surface area (TPSA) is 110 Å². The van der Waals surface area contributed by atoms with Crippen molar-refractivity contribution in [2.75, 3.05) is 6.61 Å². The molecule has 2 saturated heterocycles. The second kappa shape index (κ2) is 2.57. The number of hydrogen-bond donors (Lipinski definition) is 5. The van der Waals surface area contributed by atoms with Gasteiger partial charge in [-0.1, -0.05) is 0 Å². The lowest BCUT2D eigenvalue weighted by Gasteiger charge is -2.35. The average molecular weight is 210 g/mol. The van der Waals surface area contributed by atoms with Crippen LogP contribution >= 0.6 is 11.8 Å². The van der Waals surface area contributed by atoms with Gasteiger partial charge in [-0.3, -0.25) is 0 Å². The Morgan fingerprint density at radius 2 is 1.92 bits per heavy atom. The normalized spacial score (nSPS) is 60.2. The number of aliphatic hydroxyl groups excluding tert-OH is 3. The highest BCUT2D eigenvalue weighted by molar-refractivity contribution is 8.09. The van der Waals surface area contributed by atoms with Crippen molar-refractivity contribution in [3.63, 3.8) is 0 Å². The third kappa shape index (κ3) is 1.06. The maximum Gasteiger partial charge on any atom is 0.262 e. The molecule has 0 aromatic heterocycles. The van der Waals surface area contributed by atoms with Gasteiger partial charge < -0.3 is 30.3 Å². The summed E-state index contributed by atoms with van der Waals surface area (Å²) in [6.07, 6.45) is -3.99. The van der Waals surface area contributed by atoms with E-state index in [1.54, 1.807) is 0 Å². The third-order valence-electron chi connectivity index (χ3n) is 2.30. The fourth-order valence-corrected chi connectivity index (χ4v) is 2.37. The quantitative estimate of drug-likeness (QED) is 0.297. The van der Waals surface area contributed by atoms with Gasteiger partial charge >= 0.3 is 0 Å². The Morgan fingerprint density at radius 3 is 2.46 bits per heavy atom. The van der Waals surface area contributed by atoms with Gasteiger partial charge in [-0.15, -0.1) is 0 Å². The van der Waals surface area contributed by atoms with Crippen LogP contribution in [0.4, 0.5) is 0 Å². The van der Waals surface area contributed by atoms with Crippen molar-refractivity contribution in [3.8, 4) is 0 Å². The highest BCUT2D eigenvalue weighted by atomic mass is 32.2. The van der Waals surface area contributed by atoms with Gasteiger partial charge in [-0.2, -0.15) is 0 Å². The van der Waals surface area contributed by atoms with E-state index in [0.717, 1.165) is 0 Å². The lowest BCUT2D eigenvalue weighted by Crippen LogP contribution is -2.58. The molecule has 1 unspecified atom stereocenters. The summed E-state index contributed by atoms with van der Waals surface area (Å²) >= 11 is 0.602. The van der Waals surface area contributed by atoms with E-state index in [4.69, 9.17) is 9.84 Å². The number of thioether (sulfide) groups is 1. The zero-order chi connectivity index (χ0) is 9.85. The molecule has 0 saturated carbocycles. The number of ether oxygens (including phenoxy) is 1. The summed E-state index contributed by atoms with van der Waals surface area (Å²) in [6, 6.07) is 0. The van der Waals surface area contributed by atoms with E-state index >= 15 is 0 Å². The van der Waals surface area contributed by atoms with Crippen LogP contribution in [0.25, 0.3) is 0 Å². The molecular weight excluding hydrogens is 200 g/mol. The van der Waals surface area contributed by atoms with Gasteiger partial charge in [-0.05, 0) is 11.8 Å². The van der Waals surface area contributed by atoms with Crippen molar-refractivity contribution in [1.82, 2.24) is 0 Å². The van der Waals surface area contributed by atoms with Crippen LogP contribution in [0.3, 0.4) is 0 Å². The molecule has 0 radical (unpaired) electrons. The van der Waals surface area contributed by atoms with Gasteiger partial charge in [-0.25, -0.2) is 0 Å². The van der Waals surface area contributed by atoms with Gasteiger partial charge in [0, 0.05) is 0 Å². The summed E-state index contributed by atoms with van der Waals surface area (Å²) in [6.45, 7) is -0.531. The second-order valence-electron chi connectivity index (χ2n) is 3.15. The molecule has 6 nitrogen and oxygen atoms in total. The molecule has 2 rings (SSSR count). The highest BCUT2D eigenvalue weighted by Crippen LogP contribution is 2.65. The Morgan fingerprint density at radius 1 is 1.31 bits per heavy atom. The average Bonchev–Trinajstić information content (AvgIpc) is 2.64. The lowest BCUT2D eigenvalue weighted by atomic mass is 9.99. The maximum absolute atomic E-state index is 9.46. The first-order valence-electron chi connectivity index (χ1n) is 3.74. The summed E-state index contributed by atoms with van der Waals surface area (Å²) < 4.78 is 4.79. The summed E-state index contributed by atoms with van der Waals surface area (Å²) in [5.74, 6) is 0. The van der Waals surface area contributed by atoms with Crippen molar-refractivity contribution >= 4 is 11.8 Å². The van der Waals surface area contributed by atoms with Crippen LogP contribution in [-0.2, 0) is 4.74 Å². The van der Waals surface area contributed by atoms with Crippen molar-refractivity contribution in [3.05, 3.63) is 0 Å². The van der Waals surface area contributed by atoms with Crippen molar-refractivity contribution in [2.24, 2.45) is 0 Å². The van der Waals surface area contributed by atoms with Crippen LogP contribution < -0.4 is 0 Å². The van der Waals surface area contributed by atoms with Gasteiger partial charge in [0.1, 0.15) is 18.3 Å². The molecule has 0 spiro atoms. The molecule has 2 heterocycles. The van der Waals surface area contributed by atoms with Crippen LogP contribution in [0, 0.1) is 0 Å². The molecule has 0 aromatic carbocycles. The van der Waals surface area contributed by atoms with Crippen molar-refractivity contribution in [1.29, 1.82) is 0 Å². The minimum atomic E-state index is -1.89. The molecule has 5 N–H and O–H groups in total. The number of fused-ring (bicyclic) bond motifs is 1. The first kappa shape index (κ1) is 9.66. The summed E-state index contributed by atoms with van der Waals surface area (Å²) in [5.41, 5.74) is 0. The summed E-state index contributed by atoms with van der Waals surface area (Å²) in [5, 5.41) is 44.3. The van der Waals surface area contributed by atoms with Gasteiger partial charge in [0.05, 0.1) is 6.61 Å². The Labute approximate surface area is 77.8 Å². The van der Waals surface area contributed by atoms with E-state index < -0.39 is 35.0 Å². The molecule has 2 aliphatic rings. The molecule has 0 amide bonds. The number of aliphatic hydroxyl groups is 5. The van der Waals surface area contributed by atoms with E-state index in [1.807, 2.05) is 0 Å². The Balaban J connectivity index is 2.21. The molecule has 0 bridgehead atoms. The van der Waals surface area contributed by atoms with Gasteiger partial charge in [0.2, 0.25) is 4.93 Å². The van der Waals surface area contributed by atoms with E-state index in [9.17, 15) is 20.4 Å². The highest BCUT2D eigenvalue weighted by Gasteiger charge is 2.79. The fraction of sp³-hybridized carbons (Fsp3) is 1.00. The summed E-state index contributed by atoms with van der Waals surface area (Å²) in [7, 11) is 0. The second-order valence-corrected chi connectivity index (χ2v) is 4.53. The van der Waals surface area contributed by atoms with E-state index in [2.05, 4.69) is 0 Å². The van der Waals surface area contributed by atoms with Gasteiger partial charge in [0.15, 0.2) is 0 Å². The predicted molar refractivity (Wildman–Crippen MR) is 41.5 cm³/mol. The Hall–Kier alpha value is 0.110. The zero-order valence-corrected chi connectivity index (χ0v) is 7.31. The largest absolute Gasteiger partial charge is 0.394 e. The Bertz CT molecular complexity index is 237. The van der Waals surface area contributed by atoms with Crippen LogP contribution in [-0.4, -0.2) is 60.5 Å². The van der Waals surface area contributed by atoms with Crippen LogP contribution in [0.1, 0.15) is 0 Å². The third-order valence-corrected chi connectivity index (χ3v) is 3.61. The monoisotopic (exact) mass is 210 g/mol. The predicted octanol–water partition coefficient (Wildman–Crippen LogP) is -2.82. The molecular formula is C6H10O6S.